The van der Waals surface area contributed by atoms with Gasteiger partial charge in [-0.1, -0.05) is 162 Å². The summed E-state index contributed by atoms with van der Waals surface area (Å²) in [5, 5.41) is 0. The molecule has 59 heavy (non-hydrogen) atoms. The molecule has 310 valence electrons. The average molecular weight is 785 g/mol. The van der Waals surface area contributed by atoms with Crippen LogP contribution < -0.4 is 9.80 Å². The van der Waals surface area contributed by atoms with Crippen LogP contribution in [0.3, 0.4) is 0 Å². The Labute approximate surface area is 358 Å². The van der Waals surface area contributed by atoms with Crippen molar-refractivity contribution in [1.29, 1.82) is 0 Å². The maximum absolute atomic E-state index is 2.78. The second-order valence-corrected chi connectivity index (χ2v) is 22.2. The molecule has 5 aromatic carbocycles. The summed E-state index contributed by atoms with van der Waals surface area (Å²) in [6.07, 6.45) is 13.3. The molecule has 0 aromatic heterocycles. The van der Waals surface area contributed by atoms with Gasteiger partial charge in [-0.2, -0.15) is 0 Å². The molecule has 3 aliphatic rings. The molecule has 0 amide bonds. The molecule has 8 rings (SSSR count). The van der Waals surface area contributed by atoms with Gasteiger partial charge in [0.2, 0.25) is 0 Å². The lowest BCUT2D eigenvalue weighted by Gasteiger charge is -2.49. The molecular formula is C57H72N2. The van der Waals surface area contributed by atoms with Gasteiger partial charge in [0.05, 0.1) is 0 Å². The highest BCUT2D eigenvalue weighted by atomic mass is 15.3. The van der Waals surface area contributed by atoms with Crippen molar-refractivity contribution in [3.8, 4) is 11.1 Å². The summed E-state index contributed by atoms with van der Waals surface area (Å²) in [5.74, 6) is 0.694. The SMILES string of the molecule is CC(C)(C)c1ccc(N(c2cc(-c3ccccc3)cc(N3c4ccc(C5CCCCC5)cc4C4(CCCCC4)C3(C)C)c2)c2cc(C(C)(C)C)cc(C(C)(C)C)c2)cc1. The molecular weight excluding hydrogens is 713 g/mol. The molecule has 0 radical (unpaired) electrons. The number of rotatable bonds is 6. The Kier molecular flexibility index (Phi) is 10.8. The number of hydrogen-bond acceptors (Lipinski definition) is 2. The Morgan fingerprint density at radius 1 is 0.508 bits per heavy atom. The van der Waals surface area contributed by atoms with Crippen LogP contribution in [-0.2, 0) is 21.7 Å². The van der Waals surface area contributed by atoms with E-state index in [1.165, 1.54) is 120 Å². The first-order valence-electron chi connectivity index (χ1n) is 23.1. The van der Waals surface area contributed by atoms with E-state index < -0.39 is 0 Å². The fourth-order valence-electron chi connectivity index (χ4n) is 11.0. The van der Waals surface area contributed by atoms with Gasteiger partial charge in [-0.3, -0.25) is 0 Å². The van der Waals surface area contributed by atoms with E-state index in [1.54, 1.807) is 11.1 Å². The van der Waals surface area contributed by atoms with Gasteiger partial charge in [-0.05, 0) is 149 Å². The molecule has 2 fully saturated rings. The predicted molar refractivity (Wildman–Crippen MR) is 256 cm³/mol. The zero-order valence-electron chi connectivity index (χ0n) is 38.4. The van der Waals surface area contributed by atoms with Crippen molar-refractivity contribution in [1.82, 2.24) is 0 Å². The van der Waals surface area contributed by atoms with Crippen molar-refractivity contribution in [2.75, 3.05) is 9.80 Å². The lowest BCUT2D eigenvalue weighted by molar-refractivity contribution is 0.199. The summed E-state index contributed by atoms with van der Waals surface area (Å²) in [6, 6.07) is 43.1. The van der Waals surface area contributed by atoms with Crippen LogP contribution >= 0.6 is 0 Å². The normalized spacial score (nSPS) is 18.3. The molecule has 0 unspecified atom stereocenters. The third-order valence-corrected chi connectivity index (χ3v) is 14.7. The van der Waals surface area contributed by atoms with Gasteiger partial charge in [0, 0.05) is 39.4 Å². The monoisotopic (exact) mass is 785 g/mol. The van der Waals surface area contributed by atoms with Crippen molar-refractivity contribution in [3.63, 3.8) is 0 Å². The van der Waals surface area contributed by atoms with Crippen molar-refractivity contribution < 1.29 is 0 Å². The van der Waals surface area contributed by atoms with E-state index in [4.69, 9.17) is 0 Å². The fraction of sp³-hybridized carbons (Fsp3) is 0.474. The molecule has 0 saturated heterocycles. The van der Waals surface area contributed by atoms with E-state index in [-0.39, 0.29) is 27.2 Å². The first-order valence-corrected chi connectivity index (χ1v) is 23.1. The maximum atomic E-state index is 2.78. The Bertz CT molecular complexity index is 2230. The van der Waals surface area contributed by atoms with Gasteiger partial charge in [0.15, 0.2) is 0 Å². The molecule has 1 aliphatic heterocycles. The summed E-state index contributed by atoms with van der Waals surface area (Å²) in [5.41, 5.74) is 16.1. The zero-order chi connectivity index (χ0) is 42.0. The molecule has 2 saturated carbocycles. The lowest BCUT2D eigenvalue weighted by Crippen LogP contribution is -2.52. The number of fused-ring (bicyclic) bond motifs is 2. The standard InChI is InChI=1S/C57H72N2/c1-53(2,3)44-26-28-47(29-27-44)58(49-37-45(54(4,5)6)36-46(38-49)55(7,8)9)48-33-43(41-23-17-13-18-24-41)34-50(39-48)59-52-30-25-42(40-21-15-12-16-22-40)35-51(52)57(56(59,10)11)31-19-14-20-32-57/h13,17-18,23-30,33-40H,12,14-16,19-22,31-32H2,1-11H3. The molecule has 0 N–H and O–H groups in total. The quantitative estimate of drug-likeness (QED) is 0.169. The highest BCUT2D eigenvalue weighted by molar-refractivity contribution is 5.87. The van der Waals surface area contributed by atoms with Gasteiger partial charge >= 0.3 is 0 Å². The van der Waals surface area contributed by atoms with Crippen LogP contribution in [0, 0.1) is 0 Å². The molecule has 0 bridgehead atoms. The second-order valence-electron chi connectivity index (χ2n) is 22.2. The van der Waals surface area contributed by atoms with Crippen LogP contribution in [0.5, 0.6) is 0 Å². The third kappa shape index (κ3) is 7.79. The van der Waals surface area contributed by atoms with Crippen molar-refractivity contribution >= 4 is 28.4 Å². The van der Waals surface area contributed by atoms with Crippen molar-refractivity contribution in [2.45, 2.75) is 173 Å². The van der Waals surface area contributed by atoms with E-state index in [9.17, 15) is 0 Å². The van der Waals surface area contributed by atoms with E-state index in [0.29, 0.717) is 5.92 Å². The zero-order valence-corrected chi connectivity index (χ0v) is 38.4. The van der Waals surface area contributed by atoms with Crippen LogP contribution in [0.4, 0.5) is 28.4 Å². The summed E-state index contributed by atoms with van der Waals surface area (Å²) in [6.45, 7) is 26.2. The Morgan fingerprint density at radius 2 is 1.08 bits per heavy atom. The van der Waals surface area contributed by atoms with Gasteiger partial charge in [0.25, 0.3) is 0 Å². The van der Waals surface area contributed by atoms with E-state index in [2.05, 4.69) is 195 Å². The number of nitrogens with zero attached hydrogens (tertiary/aromatic N) is 2. The minimum absolute atomic E-state index is 0.0110. The fourth-order valence-corrected chi connectivity index (χ4v) is 11.0. The minimum Gasteiger partial charge on any atom is -0.335 e. The van der Waals surface area contributed by atoms with Crippen LogP contribution in [-0.4, -0.2) is 5.54 Å². The smallest absolute Gasteiger partial charge is 0.0492 e. The largest absolute Gasteiger partial charge is 0.335 e. The predicted octanol–water partition coefficient (Wildman–Crippen LogP) is 16.9. The molecule has 2 heteroatoms. The summed E-state index contributed by atoms with van der Waals surface area (Å²) in [7, 11) is 0. The van der Waals surface area contributed by atoms with Crippen LogP contribution in [0.1, 0.15) is 174 Å². The van der Waals surface area contributed by atoms with Crippen molar-refractivity contribution in [2.24, 2.45) is 0 Å². The second kappa shape index (κ2) is 15.3. The van der Waals surface area contributed by atoms with E-state index in [0.717, 1.165) is 0 Å². The Balaban J connectivity index is 1.39. The summed E-state index contributed by atoms with van der Waals surface area (Å²) >= 11 is 0. The highest BCUT2D eigenvalue weighted by Gasteiger charge is 2.57. The topological polar surface area (TPSA) is 6.48 Å². The number of benzene rings is 5. The third-order valence-electron chi connectivity index (χ3n) is 14.7. The van der Waals surface area contributed by atoms with Crippen LogP contribution in [0.2, 0.25) is 0 Å². The maximum Gasteiger partial charge on any atom is 0.0492 e. The average Bonchev–Trinajstić information content (AvgIpc) is 3.39. The van der Waals surface area contributed by atoms with Gasteiger partial charge in [-0.25, -0.2) is 0 Å². The lowest BCUT2D eigenvalue weighted by atomic mass is 9.61. The minimum atomic E-state index is -0.113. The Hall–Kier alpha value is -4.30. The van der Waals surface area contributed by atoms with Crippen LogP contribution in [0.15, 0.2) is 109 Å². The Morgan fingerprint density at radius 3 is 1.68 bits per heavy atom. The molecule has 2 nitrogen and oxygen atoms in total. The number of anilines is 5. The van der Waals surface area contributed by atoms with E-state index >= 15 is 0 Å². The first kappa shape index (κ1) is 41.4. The molecule has 2 aliphatic carbocycles. The summed E-state index contributed by atoms with van der Waals surface area (Å²) < 4.78 is 0. The molecule has 1 spiro atoms. The van der Waals surface area contributed by atoms with Gasteiger partial charge < -0.3 is 9.80 Å². The molecule has 1 heterocycles. The summed E-state index contributed by atoms with van der Waals surface area (Å²) in [4.78, 5) is 5.33. The van der Waals surface area contributed by atoms with Gasteiger partial charge in [0.1, 0.15) is 0 Å². The van der Waals surface area contributed by atoms with E-state index in [1.807, 2.05) is 0 Å². The molecule has 0 atom stereocenters. The van der Waals surface area contributed by atoms with Crippen molar-refractivity contribution in [3.05, 3.63) is 137 Å². The first-order chi connectivity index (χ1) is 27.9. The highest BCUT2D eigenvalue weighted by Crippen LogP contribution is 2.61. The van der Waals surface area contributed by atoms with Crippen LogP contribution in [0.25, 0.3) is 11.1 Å². The van der Waals surface area contributed by atoms with Gasteiger partial charge in [-0.15, -0.1) is 0 Å². The number of hydrogen-bond donors (Lipinski definition) is 0. The molecule has 5 aromatic rings.